The van der Waals surface area contributed by atoms with Gasteiger partial charge in [-0.15, -0.1) is 0 Å². The first-order chi connectivity index (χ1) is 19.7. The fourth-order valence-electron chi connectivity index (χ4n) is 5.09. The van der Waals surface area contributed by atoms with E-state index in [1.807, 2.05) is 61.5 Å². The molecule has 0 fully saturated rings. The van der Waals surface area contributed by atoms with Crippen LogP contribution in [0.1, 0.15) is 60.4 Å². The van der Waals surface area contributed by atoms with E-state index in [0.717, 1.165) is 27.8 Å². The number of benzene rings is 2. The van der Waals surface area contributed by atoms with Gasteiger partial charge in [-0.3, -0.25) is 9.78 Å². The standard InChI is InChI=1S/C32H33FN4O3S/c1-32(2,3)41(40)37-20-25-17-27(31(39)35-19-24-8-4-5-12-26(24)33)36-30(29(25)28(37)13-15-38)22-10-6-9-21(16-22)23-11-7-14-34-18-23/h4-12,14,16-18,28,38H,13,15,19-20H2,1-3H3,(H,35,39)/t28-,41?/m0/s1. The van der Waals surface area contributed by atoms with E-state index in [1.165, 1.54) is 6.07 Å². The molecule has 4 aromatic rings. The van der Waals surface area contributed by atoms with E-state index in [9.17, 15) is 18.5 Å². The number of rotatable bonds is 8. The Balaban J connectivity index is 1.60. The predicted octanol–water partition coefficient (Wildman–Crippen LogP) is 5.58. The molecule has 9 heteroatoms. The van der Waals surface area contributed by atoms with Gasteiger partial charge in [0.25, 0.3) is 5.91 Å². The summed E-state index contributed by atoms with van der Waals surface area (Å²) in [5.41, 5.74) is 5.50. The van der Waals surface area contributed by atoms with E-state index in [2.05, 4.69) is 10.3 Å². The highest BCUT2D eigenvalue weighted by atomic mass is 32.2. The summed E-state index contributed by atoms with van der Waals surface area (Å²) in [6.45, 7) is 6.02. The lowest BCUT2D eigenvalue weighted by Gasteiger charge is -2.30. The third-order valence-electron chi connectivity index (χ3n) is 7.05. The minimum Gasteiger partial charge on any atom is -0.396 e. The van der Waals surface area contributed by atoms with Crippen molar-refractivity contribution in [2.24, 2.45) is 0 Å². The Morgan fingerprint density at radius 1 is 1.07 bits per heavy atom. The first kappa shape index (κ1) is 28.7. The number of hydrogen-bond donors (Lipinski definition) is 2. The van der Waals surface area contributed by atoms with Crippen molar-refractivity contribution in [2.45, 2.75) is 51.1 Å². The number of carbonyl (C=O) groups is 1. The van der Waals surface area contributed by atoms with Gasteiger partial charge in [-0.1, -0.05) is 42.5 Å². The Labute approximate surface area is 242 Å². The smallest absolute Gasteiger partial charge is 0.270 e. The van der Waals surface area contributed by atoms with Crippen molar-refractivity contribution in [3.05, 3.63) is 107 Å². The topological polar surface area (TPSA) is 95.4 Å². The van der Waals surface area contributed by atoms with Crippen molar-refractivity contribution in [1.29, 1.82) is 0 Å². The van der Waals surface area contributed by atoms with Gasteiger partial charge in [-0.2, -0.15) is 0 Å². The van der Waals surface area contributed by atoms with Crippen LogP contribution in [0.2, 0.25) is 0 Å². The van der Waals surface area contributed by atoms with E-state index < -0.39 is 27.5 Å². The van der Waals surface area contributed by atoms with Crippen molar-refractivity contribution in [2.75, 3.05) is 6.61 Å². The molecule has 7 nitrogen and oxygen atoms in total. The summed E-state index contributed by atoms with van der Waals surface area (Å²) in [4.78, 5) is 22.4. The average Bonchev–Trinajstić information content (AvgIpc) is 3.34. The van der Waals surface area contributed by atoms with Gasteiger partial charge in [0.05, 0.1) is 16.5 Å². The molecule has 0 radical (unpaired) electrons. The molecule has 1 amide bonds. The van der Waals surface area contributed by atoms with E-state index in [4.69, 9.17) is 4.98 Å². The van der Waals surface area contributed by atoms with Crippen molar-refractivity contribution < 1.29 is 18.5 Å². The minimum absolute atomic E-state index is 0.0173. The summed E-state index contributed by atoms with van der Waals surface area (Å²) in [7, 11) is -1.37. The molecule has 1 aliphatic rings. The van der Waals surface area contributed by atoms with Crippen LogP contribution in [0.15, 0.2) is 79.1 Å². The molecule has 0 saturated carbocycles. The maximum Gasteiger partial charge on any atom is 0.270 e. The molecule has 0 saturated heterocycles. The number of aromatic nitrogens is 2. The number of fused-ring (bicyclic) bond motifs is 1. The van der Waals surface area contributed by atoms with Crippen LogP contribution < -0.4 is 5.32 Å². The highest BCUT2D eigenvalue weighted by molar-refractivity contribution is 7.84. The van der Waals surface area contributed by atoms with Crippen molar-refractivity contribution >= 4 is 16.9 Å². The first-order valence-corrected chi connectivity index (χ1v) is 14.6. The van der Waals surface area contributed by atoms with Gasteiger partial charge in [-0.25, -0.2) is 17.9 Å². The summed E-state index contributed by atoms with van der Waals surface area (Å²) in [6, 6.07) is 19.4. The summed E-state index contributed by atoms with van der Waals surface area (Å²) >= 11 is 0. The number of pyridine rings is 2. The van der Waals surface area contributed by atoms with Gasteiger partial charge < -0.3 is 10.4 Å². The molecule has 1 aliphatic heterocycles. The van der Waals surface area contributed by atoms with E-state index >= 15 is 0 Å². The maximum atomic E-state index is 14.2. The Hall–Kier alpha value is -3.79. The number of nitrogens with zero attached hydrogens (tertiary/aromatic N) is 3. The molecule has 2 N–H and O–H groups in total. The van der Waals surface area contributed by atoms with E-state index in [1.54, 1.807) is 36.7 Å². The second-order valence-electron chi connectivity index (χ2n) is 11.0. The maximum absolute atomic E-state index is 14.2. The molecule has 212 valence electrons. The third kappa shape index (κ3) is 6.12. The second kappa shape index (κ2) is 12.0. The lowest BCUT2D eigenvalue weighted by atomic mass is 9.94. The number of aliphatic hydroxyl groups excluding tert-OH is 1. The van der Waals surface area contributed by atoms with Crippen LogP contribution >= 0.6 is 0 Å². The molecule has 0 aliphatic carbocycles. The number of amides is 1. The summed E-state index contributed by atoms with van der Waals surface area (Å²) in [6.07, 6.45) is 3.87. The zero-order valence-corrected chi connectivity index (χ0v) is 24.1. The third-order valence-corrected chi connectivity index (χ3v) is 8.91. The number of nitrogens with one attached hydrogen (secondary N) is 1. The van der Waals surface area contributed by atoms with Gasteiger partial charge in [0, 0.05) is 54.3 Å². The fraction of sp³-hybridized carbons (Fsp3) is 0.281. The summed E-state index contributed by atoms with van der Waals surface area (Å²) in [5.74, 6) is -0.829. The molecular formula is C32H33FN4O3S. The molecule has 0 bridgehead atoms. The lowest BCUT2D eigenvalue weighted by molar-refractivity contribution is 0.0945. The van der Waals surface area contributed by atoms with Crippen LogP contribution in [0.3, 0.4) is 0 Å². The minimum atomic E-state index is -1.37. The lowest BCUT2D eigenvalue weighted by Crippen LogP contribution is -2.36. The van der Waals surface area contributed by atoms with Crippen LogP contribution in [0.25, 0.3) is 22.4 Å². The zero-order chi connectivity index (χ0) is 29.1. The van der Waals surface area contributed by atoms with Crippen molar-refractivity contribution in [3.8, 4) is 22.4 Å². The zero-order valence-electron chi connectivity index (χ0n) is 23.3. The van der Waals surface area contributed by atoms with Gasteiger partial charge in [0.2, 0.25) is 0 Å². The van der Waals surface area contributed by atoms with Gasteiger partial charge in [-0.05, 0) is 62.6 Å². The molecule has 2 atom stereocenters. The SMILES string of the molecule is CC(C)(C)S(=O)N1Cc2cc(C(=O)NCc3ccccc3F)nc(-c3cccc(-c4cccnc4)c3)c2[C@@H]1CCO. The van der Waals surface area contributed by atoms with Gasteiger partial charge in [0.1, 0.15) is 22.5 Å². The average molecular weight is 573 g/mol. The second-order valence-corrected chi connectivity index (χ2v) is 13.2. The predicted molar refractivity (Wildman–Crippen MR) is 158 cm³/mol. The number of aliphatic hydroxyl groups is 1. The molecule has 41 heavy (non-hydrogen) atoms. The summed E-state index contributed by atoms with van der Waals surface area (Å²) < 4.78 is 29.2. The van der Waals surface area contributed by atoms with Crippen LogP contribution in [-0.2, 0) is 24.1 Å². The Kier molecular flexibility index (Phi) is 8.40. The highest BCUT2D eigenvalue weighted by Gasteiger charge is 2.40. The van der Waals surface area contributed by atoms with Crippen molar-refractivity contribution in [3.63, 3.8) is 0 Å². The van der Waals surface area contributed by atoms with Gasteiger partial charge in [0.15, 0.2) is 0 Å². The monoisotopic (exact) mass is 572 g/mol. The largest absolute Gasteiger partial charge is 0.396 e. The van der Waals surface area contributed by atoms with Crippen molar-refractivity contribution in [1.82, 2.24) is 19.6 Å². The van der Waals surface area contributed by atoms with Crippen LogP contribution in [-0.4, -0.2) is 40.8 Å². The van der Waals surface area contributed by atoms with Gasteiger partial charge >= 0.3 is 0 Å². The normalized spacial score (nSPS) is 15.9. The molecule has 2 aromatic carbocycles. The van der Waals surface area contributed by atoms with Crippen LogP contribution in [0, 0.1) is 5.82 Å². The molecule has 1 unspecified atom stereocenters. The first-order valence-electron chi connectivity index (χ1n) is 13.5. The molecule has 2 aromatic heterocycles. The van der Waals surface area contributed by atoms with Crippen LogP contribution in [0.5, 0.6) is 0 Å². The number of hydrogen-bond acceptors (Lipinski definition) is 5. The van der Waals surface area contributed by atoms with E-state index in [-0.39, 0.29) is 24.9 Å². The van der Waals surface area contributed by atoms with E-state index in [0.29, 0.717) is 24.2 Å². The van der Waals surface area contributed by atoms with Crippen LogP contribution in [0.4, 0.5) is 4.39 Å². The Bertz CT molecular complexity index is 1590. The summed E-state index contributed by atoms with van der Waals surface area (Å²) in [5, 5.41) is 12.8. The fourth-order valence-corrected chi connectivity index (χ4v) is 6.49. The Morgan fingerprint density at radius 3 is 2.54 bits per heavy atom. The highest BCUT2D eigenvalue weighted by Crippen LogP contribution is 2.44. The molecular weight excluding hydrogens is 539 g/mol. The number of halogens is 1. The molecule has 0 spiro atoms. The molecule has 5 rings (SSSR count). The molecule has 3 heterocycles. The quantitative estimate of drug-likeness (QED) is 0.287. The Morgan fingerprint density at radius 2 is 1.83 bits per heavy atom. The number of carbonyl (C=O) groups excluding carboxylic acids is 1.